The smallest absolute Gasteiger partial charge is 0.0988 e. The fourth-order valence-corrected chi connectivity index (χ4v) is 1.78. The second-order valence-electron chi connectivity index (χ2n) is 4.01. The fraction of sp³-hybridized carbons (Fsp3) is 0.267. The molecular formula is C15H15NO. The van der Waals surface area contributed by atoms with Crippen LogP contribution >= 0.6 is 0 Å². The summed E-state index contributed by atoms with van der Waals surface area (Å²) in [4.78, 5) is 0. The monoisotopic (exact) mass is 225 g/mol. The van der Waals surface area contributed by atoms with Gasteiger partial charge in [-0.1, -0.05) is 42.5 Å². The number of hydrogen-bond acceptors (Lipinski definition) is 2. The van der Waals surface area contributed by atoms with Gasteiger partial charge in [0, 0.05) is 5.57 Å². The Bertz CT molecular complexity index is 454. The van der Waals surface area contributed by atoms with Gasteiger partial charge in [-0.3, -0.25) is 0 Å². The summed E-state index contributed by atoms with van der Waals surface area (Å²) in [6, 6.07) is 12.4. The molecule has 86 valence electrons. The van der Waals surface area contributed by atoms with Gasteiger partial charge in [0.05, 0.1) is 18.8 Å². The van der Waals surface area contributed by atoms with E-state index in [0.29, 0.717) is 0 Å². The Morgan fingerprint density at radius 2 is 2.12 bits per heavy atom. The minimum absolute atomic E-state index is 0.121. The Hall–Kier alpha value is -1.85. The Morgan fingerprint density at radius 1 is 1.29 bits per heavy atom. The second kappa shape index (κ2) is 6.03. The van der Waals surface area contributed by atoms with Crippen LogP contribution in [0.4, 0.5) is 0 Å². The van der Waals surface area contributed by atoms with Crippen molar-refractivity contribution >= 4 is 0 Å². The zero-order valence-electron chi connectivity index (χ0n) is 9.67. The lowest BCUT2D eigenvalue weighted by atomic mass is 10.1. The van der Waals surface area contributed by atoms with Gasteiger partial charge in [-0.05, 0) is 24.5 Å². The zero-order valence-corrected chi connectivity index (χ0v) is 9.67. The summed E-state index contributed by atoms with van der Waals surface area (Å²) >= 11 is 0. The number of allylic oxidation sites excluding steroid dienone is 2. The predicted octanol–water partition coefficient (Wildman–Crippen LogP) is 3.02. The molecule has 1 aromatic carbocycles. The summed E-state index contributed by atoms with van der Waals surface area (Å²) < 4.78 is 5.74. The van der Waals surface area contributed by atoms with Crippen molar-refractivity contribution in [1.82, 2.24) is 0 Å². The van der Waals surface area contributed by atoms with Crippen molar-refractivity contribution in [2.24, 2.45) is 0 Å². The predicted molar refractivity (Wildman–Crippen MR) is 67.3 cm³/mol. The first-order valence-corrected chi connectivity index (χ1v) is 5.82. The third-order valence-electron chi connectivity index (χ3n) is 2.76. The van der Waals surface area contributed by atoms with Gasteiger partial charge in [-0.15, -0.1) is 0 Å². The molecule has 0 amide bonds. The van der Waals surface area contributed by atoms with Crippen molar-refractivity contribution in [1.29, 1.82) is 5.26 Å². The fourth-order valence-electron chi connectivity index (χ4n) is 1.78. The maximum Gasteiger partial charge on any atom is 0.0988 e. The summed E-state index contributed by atoms with van der Waals surface area (Å²) in [5.74, 6) is 0. The lowest BCUT2D eigenvalue weighted by Crippen LogP contribution is -2.13. The molecule has 1 atom stereocenters. The van der Waals surface area contributed by atoms with Gasteiger partial charge in [0.15, 0.2) is 0 Å². The summed E-state index contributed by atoms with van der Waals surface area (Å²) in [5.41, 5.74) is 2.02. The third kappa shape index (κ3) is 3.58. The van der Waals surface area contributed by atoms with E-state index in [-0.39, 0.29) is 6.10 Å². The van der Waals surface area contributed by atoms with E-state index in [1.165, 1.54) is 5.56 Å². The number of nitriles is 1. The average Bonchev–Trinajstić information content (AvgIpc) is 2.41. The van der Waals surface area contributed by atoms with Crippen molar-refractivity contribution in [2.75, 3.05) is 6.61 Å². The molecule has 0 radical (unpaired) electrons. The Labute approximate surface area is 102 Å². The summed E-state index contributed by atoms with van der Waals surface area (Å²) in [6.07, 6.45) is 7.57. The highest BCUT2D eigenvalue weighted by atomic mass is 16.5. The van der Waals surface area contributed by atoms with E-state index in [1.54, 1.807) is 0 Å². The second-order valence-corrected chi connectivity index (χ2v) is 4.01. The van der Waals surface area contributed by atoms with Crippen molar-refractivity contribution in [3.05, 3.63) is 59.7 Å². The first-order chi connectivity index (χ1) is 8.38. The SMILES string of the molecule is N#CC1=CCC(OCCc2ccccc2)C=C1. The zero-order chi connectivity index (χ0) is 11.9. The van der Waals surface area contributed by atoms with Crippen molar-refractivity contribution in [2.45, 2.75) is 18.9 Å². The molecule has 0 fully saturated rings. The number of rotatable bonds is 4. The molecule has 0 saturated carbocycles. The van der Waals surface area contributed by atoms with Crippen LogP contribution in [0.3, 0.4) is 0 Å². The highest BCUT2D eigenvalue weighted by Crippen LogP contribution is 2.13. The van der Waals surface area contributed by atoms with Gasteiger partial charge in [-0.25, -0.2) is 0 Å². The highest BCUT2D eigenvalue weighted by Gasteiger charge is 2.08. The molecular weight excluding hydrogens is 210 g/mol. The topological polar surface area (TPSA) is 33.0 Å². The molecule has 2 heteroatoms. The van der Waals surface area contributed by atoms with Crippen LogP contribution < -0.4 is 0 Å². The number of benzene rings is 1. The highest BCUT2D eigenvalue weighted by molar-refractivity contribution is 5.35. The van der Waals surface area contributed by atoms with Crippen LogP contribution in [-0.4, -0.2) is 12.7 Å². The van der Waals surface area contributed by atoms with E-state index in [0.717, 1.165) is 25.0 Å². The van der Waals surface area contributed by atoms with Crippen LogP contribution in [-0.2, 0) is 11.2 Å². The minimum atomic E-state index is 0.121. The van der Waals surface area contributed by atoms with Crippen LogP contribution in [0.25, 0.3) is 0 Å². The van der Waals surface area contributed by atoms with E-state index in [1.807, 2.05) is 36.4 Å². The van der Waals surface area contributed by atoms with Gasteiger partial charge in [0.1, 0.15) is 0 Å². The molecule has 1 aromatic rings. The van der Waals surface area contributed by atoms with Crippen LogP contribution in [0.15, 0.2) is 54.1 Å². The van der Waals surface area contributed by atoms with Crippen molar-refractivity contribution in [3.63, 3.8) is 0 Å². The van der Waals surface area contributed by atoms with Crippen molar-refractivity contribution < 1.29 is 4.74 Å². The Morgan fingerprint density at radius 3 is 2.76 bits per heavy atom. The van der Waals surface area contributed by atoms with Crippen LogP contribution in [0, 0.1) is 11.3 Å². The van der Waals surface area contributed by atoms with Crippen LogP contribution in [0.2, 0.25) is 0 Å². The molecule has 2 rings (SSSR count). The molecule has 0 saturated heterocycles. The first-order valence-electron chi connectivity index (χ1n) is 5.82. The minimum Gasteiger partial charge on any atom is -0.373 e. The average molecular weight is 225 g/mol. The number of ether oxygens (including phenoxy) is 1. The lowest BCUT2D eigenvalue weighted by molar-refractivity contribution is 0.0888. The van der Waals surface area contributed by atoms with Gasteiger partial charge in [-0.2, -0.15) is 5.26 Å². The molecule has 0 bridgehead atoms. The molecule has 0 spiro atoms. The van der Waals surface area contributed by atoms with Gasteiger partial charge in [0.2, 0.25) is 0 Å². The molecule has 0 heterocycles. The largest absolute Gasteiger partial charge is 0.373 e. The first kappa shape index (κ1) is 11.6. The quantitative estimate of drug-likeness (QED) is 0.789. The van der Waals surface area contributed by atoms with E-state index in [9.17, 15) is 0 Å². The van der Waals surface area contributed by atoms with Crippen LogP contribution in [0.1, 0.15) is 12.0 Å². The summed E-state index contributed by atoms with van der Waals surface area (Å²) in [6.45, 7) is 0.717. The lowest BCUT2D eigenvalue weighted by Gasteiger charge is -2.15. The van der Waals surface area contributed by atoms with E-state index in [2.05, 4.69) is 18.2 Å². The molecule has 0 aliphatic heterocycles. The number of nitrogens with zero attached hydrogens (tertiary/aromatic N) is 1. The van der Waals surface area contributed by atoms with E-state index < -0.39 is 0 Å². The summed E-state index contributed by atoms with van der Waals surface area (Å²) in [7, 11) is 0. The molecule has 17 heavy (non-hydrogen) atoms. The van der Waals surface area contributed by atoms with Crippen molar-refractivity contribution in [3.8, 4) is 6.07 Å². The Kier molecular flexibility index (Phi) is 4.12. The molecule has 0 aromatic heterocycles. The van der Waals surface area contributed by atoms with E-state index in [4.69, 9.17) is 10.00 Å². The maximum absolute atomic E-state index is 8.69. The molecule has 2 nitrogen and oxygen atoms in total. The molecule has 1 aliphatic rings. The van der Waals surface area contributed by atoms with E-state index >= 15 is 0 Å². The van der Waals surface area contributed by atoms with Gasteiger partial charge < -0.3 is 4.74 Å². The third-order valence-corrected chi connectivity index (χ3v) is 2.76. The standard InChI is InChI=1S/C15H15NO/c16-12-14-6-8-15(9-7-14)17-11-10-13-4-2-1-3-5-13/h1-8,15H,9-11H2. The maximum atomic E-state index is 8.69. The summed E-state index contributed by atoms with van der Waals surface area (Å²) in [5, 5.41) is 8.69. The normalized spacial score (nSPS) is 18.5. The van der Waals surface area contributed by atoms with Crippen LogP contribution in [0.5, 0.6) is 0 Å². The molecule has 1 unspecified atom stereocenters. The number of hydrogen-bond donors (Lipinski definition) is 0. The van der Waals surface area contributed by atoms with Gasteiger partial charge in [0.25, 0.3) is 0 Å². The van der Waals surface area contributed by atoms with Gasteiger partial charge >= 0.3 is 0 Å². The molecule has 1 aliphatic carbocycles. The molecule has 0 N–H and O–H groups in total. The Balaban J connectivity index is 1.73.